The average Bonchev–Trinajstić information content (AvgIpc) is 3.13. The molecule has 0 unspecified atom stereocenters. The van der Waals surface area contributed by atoms with Crippen LogP contribution in [-0.2, 0) is 7.05 Å². The lowest BCUT2D eigenvalue weighted by molar-refractivity contribution is 0.102. The molecule has 0 aliphatic heterocycles. The zero-order chi connectivity index (χ0) is 18.1. The molecule has 0 atom stereocenters. The molecule has 0 fully saturated rings. The van der Waals surface area contributed by atoms with Crippen molar-refractivity contribution in [1.29, 1.82) is 0 Å². The first-order valence-electron chi connectivity index (χ1n) is 8.40. The number of nitrogens with one attached hydrogen (secondary N) is 1. The van der Waals surface area contributed by atoms with E-state index < -0.39 is 0 Å². The number of rotatable bonds is 5. The molecule has 0 saturated carbocycles. The van der Waals surface area contributed by atoms with Gasteiger partial charge in [-0.15, -0.1) is 10.2 Å². The molecule has 132 valence electrons. The lowest BCUT2D eigenvalue weighted by Crippen LogP contribution is -2.13. The van der Waals surface area contributed by atoms with Crippen LogP contribution in [0.1, 0.15) is 59.4 Å². The maximum Gasteiger partial charge on any atom is 0.258 e. The van der Waals surface area contributed by atoms with E-state index >= 15 is 0 Å². The van der Waals surface area contributed by atoms with Gasteiger partial charge < -0.3 is 0 Å². The fourth-order valence-corrected chi connectivity index (χ4v) is 4.01. The quantitative estimate of drug-likeness (QED) is 0.753. The van der Waals surface area contributed by atoms with Crippen LogP contribution in [0.5, 0.6) is 0 Å². The zero-order valence-corrected chi connectivity index (χ0v) is 15.9. The van der Waals surface area contributed by atoms with Gasteiger partial charge in [0, 0.05) is 18.7 Å². The van der Waals surface area contributed by atoms with Gasteiger partial charge in [0.2, 0.25) is 5.13 Å². The van der Waals surface area contributed by atoms with E-state index in [0.717, 1.165) is 34.6 Å². The molecule has 1 amide bonds. The zero-order valence-electron chi connectivity index (χ0n) is 15.1. The van der Waals surface area contributed by atoms with E-state index in [-0.39, 0.29) is 5.91 Å². The van der Waals surface area contributed by atoms with Crippen molar-refractivity contribution in [3.63, 3.8) is 0 Å². The molecule has 0 aliphatic rings. The van der Waals surface area contributed by atoms with Crippen LogP contribution < -0.4 is 5.32 Å². The summed E-state index contributed by atoms with van der Waals surface area (Å²) < 4.78 is 1.70. The Labute approximate surface area is 150 Å². The number of anilines is 1. The number of hydrogen-bond donors (Lipinski definition) is 1. The second-order valence-corrected chi connectivity index (χ2v) is 7.14. The molecule has 3 rings (SSSR count). The second kappa shape index (κ2) is 6.87. The molecule has 0 radical (unpaired) electrons. The van der Waals surface area contributed by atoms with E-state index in [9.17, 15) is 4.79 Å². The molecular formula is C17H22N6OS. The number of nitrogens with zero attached hydrogens (tertiary/aromatic N) is 5. The lowest BCUT2D eigenvalue weighted by Gasteiger charge is -2.06. The maximum absolute atomic E-state index is 12.8. The van der Waals surface area contributed by atoms with E-state index in [0.29, 0.717) is 22.3 Å². The predicted octanol–water partition coefficient (Wildman–Crippen LogP) is 3.59. The average molecular weight is 358 g/mol. The van der Waals surface area contributed by atoms with Crippen LogP contribution in [0.2, 0.25) is 0 Å². The van der Waals surface area contributed by atoms with Crippen LogP contribution in [0, 0.1) is 13.8 Å². The first-order chi connectivity index (χ1) is 11.9. The highest BCUT2D eigenvalue weighted by Gasteiger charge is 2.20. The summed E-state index contributed by atoms with van der Waals surface area (Å²) >= 11 is 1.44. The Hall–Kier alpha value is -2.35. The molecule has 3 aromatic heterocycles. The second-order valence-electron chi connectivity index (χ2n) is 6.13. The minimum atomic E-state index is -0.209. The van der Waals surface area contributed by atoms with Gasteiger partial charge in [-0.1, -0.05) is 25.2 Å². The normalized spacial score (nSPS) is 11.4. The fourth-order valence-electron chi connectivity index (χ4n) is 3.00. The Balaban J connectivity index is 1.93. The van der Waals surface area contributed by atoms with E-state index in [1.807, 2.05) is 20.9 Å². The van der Waals surface area contributed by atoms with Crippen LogP contribution in [-0.4, -0.2) is 30.9 Å². The topological polar surface area (TPSA) is 85.6 Å². The Morgan fingerprint density at radius 1 is 1.28 bits per heavy atom. The summed E-state index contributed by atoms with van der Waals surface area (Å²) in [5.74, 6) is 0.178. The highest BCUT2D eigenvalue weighted by molar-refractivity contribution is 7.15. The van der Waals surface area contributed by atoms with Gasteiger partial charge in [0.1, 0.15) is 5.01 Å². The van der Waals surface area contributed by atoms with Crippen molar-refractivity contribution in [2.45, 2.75) is 46.5 Å². The van der Waals surface area contributed by atoms with Crippen molar-refractivity contribution in [2.75, 3.05) is 5.32 Å². The summed E-state index contributed by atoms with van der Waals surface area (Å²) in [5, 5.41) is 17.9. The minimum Gasteiger partial charge on any atom is -0.296 e. The van der Waals surface area contributed by atoms with Crippen LogP contribution >= 0.6 is 11.3 Å². The standard InChI is InChI=1S/C17H22N6OS/c1-6-11(7-2)16-20-21-17(25-16)19-15(24)12-8-9(3)18-14-13(12)10(4)22-23(14)5/h8,11H,6-7H2,1-5H3,(H,19,21,24). The van der Waals surface area contributed by atoms with Gasteiger partial charge in [0.25, 0.3) is 5.91 Å². The van der Waals surface area contributed by atoms with Gasteiger partial charge in [0.05, 0.1) is 16.6 Å². The Kier molecular flexibility index (Phi) is 4.80. The third kappa shape index (κ3) is 3.26. The molecule has 3 heterocycles. The number of fused-ring (bicyclic) bond motifs is 1. The summed E-state index contributed by atoms with van der Waals surface area (Å²) in [6, 6.07) is 1.79. The van der Waals surface area contributed by atoms with Gasteiger partial charge in [-0.3, -0.25) is 14.8 Å². The molecule has 3 aromatic rings. The van der Waals surface area contributed by atoms with E-state index in [1.54, 1.807) is 10.7 Å². The third-order valence-electron chi connectivity index (χ3n) is 4.34. The molecule has 1 N–H and O–H groups in total. The highest BCUT2D eigenvalue weighted by Crippen LogP contribution is 2.29. The van der Waals surface area contributed by atoms with Crippen molar-refractivity contribution in [3.05, 3.63) is 28.0 Å². The summed E-state index contributed by atoms with van der Waals surface area (Å²) in [4.78, 5) is 17.3. The van der Waals surface area contributed by atoms with E-state index in [4.69, 9.17) is 0 Å². The van der Waals surface area contributed by atoms with Gasteiger partial charge in [-0.05, 0) is 32.8 Å². The summed E-state index contributed by atoms with van der Waals surface area (Å²) in [6.45, 7) is 8.02. The Bertz CT molecular complexity index is 925. The number of aryl methyl sites for hydroxylation is 3. The van der Waals surface area contributed by atoms with Crippen molar-refractivity contribution in [2.24, 2.45) is 7.05 Å². The van der Waals surface area contributed by atoms with Gasteiger partial charge >= 0.3 is 0 Å². The smallest absolute Gasteiger partial charge is 0.258 e. The van der Waals surface area contributed by atoms with Crippen LogP contribution in [0.25, 0.3) is 11.0 Å². The van der Waals surface area contributed by atoms with Crippen molar-refractivity contribution < 1.29 is 4.79 Å². The molecule has 7 nitrogen and oxygen atoms in total. The molecular weight excluding hydrogens is 336 g/mol. The number of pyridine rings is 1. The number of amides is 1. The Morgan fingerprint density at radius 2 is 2.00 bits per heavy atom. The van der Waals surface area contributed by atoms with Crippen molar-refractivity contribution in [1.82, 2.24) is 25.0 Å². The molecule has 25 heavy (non-hydrogen) atoms. The molecule has 0 aromatic carbocycles. The third-order valence-corrected chi connectivity index (χ3v) is 5.34. The highest BCUT2D eigenvalue weighted by atomic mass is 32.1. The first-order valence-corrected chi connectivity index (χ1v) is 9.21. The van der Waals surface area contributed by atoms with Gasteiger partial charge in [0.15, 0.2) is 5.65 Å². The largest absolute Gasteiger partial charge is 0.296 e. The van der Waals surface area contributed by atoms with Crippen LogP contribution in [0.15, 0.2) is 6.07 Å². The van der Waals surface area contributed by atoms with Crippen LogP contribution in [0.4, 0.5) is 5.13 Å². The lowest BCUT2D eigenvalue weighted by atomic mass is 10.1. The SMILES string of the molecule is CCC(CC)c1nnc(NC(=O)c2cc(C)nc3c2c(C)nn3C)s1. The van der Waals surface area contributed by atoms with E-state index in [1.165, 1.54) is 11.3 Å². The molecule has 0 bridgehead atoms. The van der Waals surface area contributed by atoms with Gasteiger partial charge in [-0.2, -0.15) is 5.10 Å². The predicted molar refractivity (Wildman–Crippen MR) is 99.2 cm³/mol. The number of hydrogen-bond acceptors (Lipinski definition) is 6. The molecule has 0 spiro atoms. The number of carbonyl (C=O) groups excluding carboxylic acids is 1. The maximum atomic E-state index is 12.8. The van der Waals surface area contributed by atoms with Gasteiger partial charge in [-0.25, -0.2) is 4.98 Å². The van der Waals surface area contributed by atoms with Crippen molar-refractivity contribution in [3.8, 4) is 0 Å². The first kappa shape index (κ1) is 17.5. The Morgan fingerprint density at radius 3 is 2.68 bits per heavy atom. The molecule has 0 saturated heterocycles. The van der Waals surface area contributed by atoms with E-state index in [2.05, 4.69) is 39.4 Å². The molecule has 8 heteroatoms. The number of carbonyl (C=O) groups is 1. The van der Waals surface area contributed by atoms with Crippen molar-refractivity contribution >= 4 is 33.4 Å². The summed E-state index contributed by atoms with van der Waals surface area (Å²) in [7, 11) is 1.83. The minimum absolute atomic E-state index is 0.209. The monoisotopic (exact) mass is 358 g/mol. The summed E-state index contributed by atoms with van der Waals surface area (Å²) in [5.41, 5.74) is 2.82. The summed E-state index contributed by atoms with van der Waals surface area (Å²) in [6.07, 6.45) is 2.02. The van der Waals surface area contributed by atoms with Crippen LogP contribution in [0.3, 0.4) is 0 Å². The number of aromatic nitrogens is 5. The fraction of sp³-hybridized carbons (Fsp3) is 0.471. The molecule has 0 aliphatic carbocycles.